The number of hydrogen-bond donors (Lipinski definition) is 2. The van der Waals surface area contributed by atoms with Crippen LogP contribution in [0.15, 0.2) is 29.2 Å². The van der Waals surface area contributed by atoms with Crippen molar-refractivity contribution in [3.63, 3.8) is 0 Å². The summed E-state index contributed by atoms with van der Waals surface area (Å²) in [6.45, 7) is 3.82. The average molecular weight is 344 g/mol. The third kappa shape index (κ3) is 6.72. The van der Waals surface area contributed by atoms with Gasteiger partial charge in [-0.3, -0.25) is 0 Å². The van der Waals surface area contributed by atoms with Gasteiger partial charge in [0.2, 0.25) is 0 Å². The molecule has 1 rings (SSSR count). The van der Waals surface area contributed by atoms with Crippen LogP contribution in [-0.4, -0.2) is 51.9 Å². The highest BCUT2D eigenvalue weighted by Gasteiger charge is 2.10. The monoisotopic (exact) mass is 343 g/mol. The van der Waals surface area contributed by atoms with Gasteiger partial charge >= 0.3 is 0 Å². The van der Waals surface area contributed by atoms with Crippen molar-refractivity contribution in [3.05, 3.63) is 29.8 Å². The summed E-state index contributed by atoms with van der Waals surface area (Å²) < 4.78 is 22.9. The van der Waals surface area contributed by atoms with Crippen molar-refractivity contribution in [1.82, 2.24) is 15.5 Å². The second kappa shape index (κ2) is 8.45. The molecule has 124 valence electrons. The van der Waals surface area contributed by atoms with E-state index in [0.717, 1.165) is 25.1 Å². The van der Waals surface area contributed by atoms with Crippen molar-refractivity contribution in [3.8, 4) is 0 Å². The first-order valence-corrected chi connectivity index (χ1v) is 9.49. The lowest BCUT2D eigenvalue weighted by atomic mass is 10.1. The van der Waals surface area contributed by atoms with E-state index in [0.29, 0.717) is 10.0 Å². The highest BCUT2D eigenvalue weighted by Crippen LogP contribution is 2.16. The lowest BCUT2D eigenvalue weighted by Gasteiger charge is -2.18. The molecule has 7 heteroatoms. The van der Waals surface area contributed by atoms with Crippen molar-refractivity contribution < 1.29 is 8.42 Å². The lowest BCUT2D eigenvalue weighted by Crippen LogP contribution is -2.37. The van der Waals surface area contributed by atoms with E-state index >= 15 is 0 Å². The summed E-state index contributed by atoms with van der Waals surface area (Å²) in [6, 6.07) is 6.88. The Labute approximate surface area is 139 Å². The van der Waals surface area contributed by atoms with Crippen LogP contribution in [0.4, 0.5) is 0 Å². The molecular formula is C15H25N3O2S2. The second-order valence-electron chi connectivity index (χ2n) is 5.62. The van der Waals surface area contributed by atoms with Gasteiger partial charge in [-0.2, -0.15) is 0 Å². The summed E-state index contributed by atoms with van der Waals surface area (Å²) in [7, 11) is 0.928. The van der Waals surface area contributed by atoms with Gasteiger partial charge in [-0.05, 0) is 63.9 Å². The summed E-state index contributed by atoms with van der Waals surface area (Å²) in [5, 5.41) is 6.98. The fourth-order valence-electron chi connectivity index (χ4n) is 1.93. The van der Waals surface area contributed by atoms with Crippen LogP contribution >= 0.6 is 12.2 Å². The van der Waals surface area contributed by atoms with Crippen LogP contribution in [0.3, 0.4) is 0 Å². The summed E-state index contributed by atoms with van der Waals surface area (Å²) in [4.78, 5) is 2.46. The third-order valence-electron chi connectivity index (χ3n) is 3.22. The van der Waals surface area contributed by atoms with Crippen molar-refractivity contribution in [2.45, 2.75) is 24.3 Å². The summed E-state index contributed by atoms with van der Waals surface area (Å²) in [5.74, 6) is 0. The number of hydrogen-bond acceptors (Lipinski definition) is 4. The van der Waals surface area contributed by atoms with Crippen LogP contribution in [0.25, 0.3) is 0 Å². The van der Waals surface area contributed by atoms with Crippen molar-refractivity contribution in [2.24, 2.45) is 0 Å². The van der Waals surface area contributed by atoms with Crippen molar-refractivity contribution in [1.29, 1.82) is 0 Å². The highest BCUT2D eigenvalue weighted by molar-refractivity contribution is 7.90. The fourth-order valence-corrected chi connectivity index (χ4v) is 2.84. The quantitative estimate of drug-likeness (QED) is 0.579. The molecule has 0 amide bonds. The van der Waals surface area contributed by atoms with E-state index in [-0.39, 0.29) is 6.04 Å². The van der Waals surface area contributed by atoms with Gasteiger partial charge in [0.05, 0.1) is 10.9 Å². The molecule has 0 aromatic heterocycles. The van der Waals surface area contributed by atoms with Crippen LogP contribution in [0.2, 0.25) is 0 Å². The largest absolute Gasteiger partial charge is 0.363 e. The van der Waals surface area contributed by atoms with E-state index in [9.17, 15) is 8.42 Å². The van der Waals surface area contributed by atoms with Crippen molar-refractivity contribution in [2.75, 3.05) is 33.4 Å². The van der Waals surface area contributed by atoms with E-state index in [2.05, 4.69) is 15.5 Å². The number of rotatable bonds is 7. The highest BCUT2D eigenvalue weighted by atomic mass is 32.2. The van der Waals surface area contributed by atoms with Gasteiger partial charge in [0.1, 0.15) is 0 Å². The topological polar surface area (TPSA) is 61.4 Å². The molecule has 0 fully saturated rings. The van der Waals surface area contributed by atoms with Gasteiger partial charge in [-0.25, -0.2) is 8.42 Å². The molecule has 0 aliphatic carbocycles. The minimum atomic E-state index is -3.15. The van der Waals surface area contributed by atoms with Gasteiger partial charge in [0.25, 0.3) is 0 Å². The lowest BCUT2D eigenvalue weighted by molar-refractivity contribution is 0.400. The molecule has 0 saturated heterocycles. The molecule has 0 bridgehead atoms. The first-order chi connectivity index (χ1) is 10.2. The van der Waals surface area contributed by atoms with E-state index in [1.54, 1.807) is 12.1 Å². The number of benzene rings is 1. The van der Waals surface area contributed by atoms with Crippen LogP contribution in [0.5, 0.6) is 0 Å². The molecule has 0 aliphatic rings. The Hall–Kier alpha value is -1.18. The third-order valence-corrected chi connectivity index (χ3v) is 4.61. The predicted octanol–water partition coefficient (Wildman–Crippen LogP) is 1.57. The zero-order valence-electron chi connectivity index (χ0n) is 13.6. The molecule has 0 spiro atoms. The maximum Gasteiger partial charge on any atom is 0.175 e. The minimum Gasteiger partial charge on any atom is -0.363 e. The van der Waals surface area contributed by atoms with Gasteiger partial charge in [0, 0.05) is 12.8 Å². The molecule has 0 radical (unpaired) electrons. The molecular weight excluding hydrogens is 318 g/mol. The molecule has 0 aliphatic heterocycles. The zero-order chi connectivity index (χ0) is 16.8. The smallest absolute Gasteiger partial charge is 0.175 e. The summed E-state index contributed by atoms with van der Waals surface area (Å²) in [5.41, 5.74) is 0.991. The standard InChI is InChI=1S/C15H25N3O2S2/c1-12(17-15(21)16-10-5-11-18(2)3)13-6-8-14(9-7-13)22(4,19)20/h6-9,12H,5,10-11H2,1-4H3,(H2,16,17,21)/t12-/m0/s1. The minimum absolute atomic E-state index is 0.0162. The number of sulfone groups is 1. The van der Waals surface area contributed by atoms with E-state index in [1.165, 1.54) is 6.26 Å². The van der Waals surface area contributed by atoms with Crippen LogP contribution < -0.4 is 10.6 Å². The average Bonchev–Trinajstić information content (AvgIpc) is 2.42. The Morgan fingerprint density at radius 2 is 1.86 bits per heavy atom. The van der Waals surface area contributed by atoms with Crippen LogP contribution in [0.1, 0.15) is 24.9 Å². The Kier molecular flexibility index (Phi) is 7.25. The Morgan fingerprint density at radius 3 is 2.36 bits per heavy atom. The molecule has 2 N–H and O–H groups in total. The predicted molar refractivity (Wildman–Crippen MR) is 94.9 cm³/mol. The maximum atomic E-state index is 11.4. The van der Waals surface area contributed by atoms with E-state index in [4.69, 9.17) is 12.2 Å². The van der Waals surface area contributed by atoms with Gasteiger partial charge in [-0.1, -0.05) is 12.1 Å². The first-order valence-electron chi connectivity index (χ1n) is 7.19. The van der Waals surface area contributed by atoms with Gasteiger partial charge < -0.3 is 15.5 Å². The molecule has 0 unspecified atom stereocenters. The molecule has 0 heterocycles. The number of nitrogens with one attached hydrogen (secondary N) is 2. The SMILES string of the molecule is C[C@H](NC(=S)NCCCN(C)C)c1ccc(S(C)(=O)=O)cc1. The zero-order valence-corrected chi connectivity index (χ0v) is 15.2. The second-order valence-corrected chi connectivity index (χ2v) is 8.04. The molecule has 22 heavy (non-hydrogen) atoms. The van der Waals surface area contributed by atoms with Gasteiger partial charge in [-0.15, -0.1) is 0 Å². The van der Waals surface area contributed by atoms with E-state index in [1.807, 2.05) is 33.2 Å². The Balaban J connectivity index is 2.47. The normalized spacial score (nSPS) is 13.0. The molecule has 1 aromatic carbocycles. The Bertz CT molecular complexity index is 583. The Morgan fingerprint density at radius 1 is 1.27 bits per heavy atom. The molecule has 5 nitrogen and oxygen atoms in total. The molecule has 0 saturated carbocycles. The fraction of sp³-hybridized carbons (Fsp3) is 0.533. The van der Waals surface area contributed by atoms with E-state index < -0.39 is 9.84 Å². The molecule has 1 aromatic rings. The summed E-state index contributed by atoms with van der Waals surface area (Å²) in [6.07, 6.45) is 2.22. The number of thiocarbonyl (C=S) groups is 1. The molecule has 1 atom stereocenters. The van der Waals surface area contributed by atoms with Crippen LogP contribution in [0, 0.1) is 0 Å². The number of nitrogens with zero attached hydrogens (tertiary/aromatic N) is 1. The first kappa shape index (κ1) is 18.9. The maximum absolute atomic E-state index is 11.4. The summed E-state index contributed by atoms with van der Waals surface area (Å²) >= 11 is 5.26. The van der Waals surface area contributed by atoms with Crippen LogP contribution in [-0.2, 0) is 9.84 Å². The van der Waals surface area contributed by atoms with Crippen molar-refractivity contribution >= 4 is 27.2 Å². The van der Waals surface area contributed by atoms with Gasteiger partial charge in [0.15, 0.2) is 14.9 Å².